The molecular weight excluding hydrogens is 530 g/mol. The standard InChI is InChI=1S/C29H41N5O7/c1-17(2)23(32-26(37)24(31-18(3)35)19-8-5-4-6-9-19)27(38)34-16-21(41-20-10-7-13-30-15-20)14-22(34)25(36)33-29(11-12-29)28(39)40/h7,10,13,15,17,19,21-24H,4-6,8-9,11-12,14,16H2,1-3H3,(H,31,35)(H,32,37)(H,33,36)(H,39,40)/t21-,22?,23+,24+/m1/s1. The summed E-state index contributed by atoms with van der Waals surface area (Å²) in [6, 6.07) is 0.726. The first-order valence-electron chi connectivity index (χ1n) is 14.5. The Labute approximate surface area is 240 Å². The molecule has 41 heavy (non-hydrogen) atoms. The summed E-state index contributed by atoms with van der Waals surface area (Å²) in [6.07, 6.45) is 8.04. The molecule has 3 aliphatic rings. The third-order valence-corrected chi connectivity index (χ3v) is 8.30. The van der Waals surface area contributed by atoms with Crippen LogP contribution in [0.2, 0.25) is 0 Å². The second-order valence-electron chi connectivity index (χ2n) is 11.9. The lowest BCUT2D eigenvalue weighted by Crippen LogP contribution is -2.60. The lowest BCUT2D eigenvalue weighted by atomic mass is 9.83. The fraction of sp³-hybridized carbons (Fsp3) is 0.655. The van der Waals surface area contributed by atoms with E-state index in [9.17, 15) is 29.1 Å². The first-order chi connectivity index (χ1) is 19.5. The molecule has 12 nitrogen and oxygen atoms in total. The summed E-state index contributed by atoms with van der Waals surface area (Å²) in [4.78, 5) is 70.1. The lowest BCUT2D eigenvalue weighted by Gasteiger charge is -2.34. The average molecular weight is 572 g/mol. The molecule has 12 heteroatoms. The third-order valence-electron chi connectivity index (χ3n) is 8.30. The zero-order valence-electron chi connectivity index (χ0n) is 23.9. The van der Waals surface area contributed by atoms with Crippen molar-refractivity contribution in [3.8, 4) is 5.75 Å². The second-order valence-corrected chi connectivity index (χ2v) is 11.9. The smallest absolute Gasteiger partial charge is 0.329 e. The van der Waals surface area contributed by atoms with Crippen molar-refractivity contribution in [2.24, 2.45) is 11.8 Å². The quantitative estimate of drug-likeness (QED) is 0.309. The van der Waals surface area contributed by atoms with Gasteiger partial charge in [-0.1, -0.05) is 33.1 Å². The van der Waals surface area contributed by atoms with Gasteiger partial charge in [-0.3, -0.25) is 24.2 Å². The van der Waals surface area contributed by atoms with Gasteiger partial charge in [-0.05, 0) is 49.7 Å². The highest BCUT2D eigenvalue weighted by Gasteiger charge is 2.54. The van der Waals surface area contributed by atoms with Crippen LogP contribution in [0, 0.1) is 11.8 Å². The van der Waals surface area contributed by atoms with Gasteiger partial charge < -0.3 is 30.7 Å². The number of carboxylic acids is 1. The van der Waals surface area contributed by atoms with E-state index in [1.165, 1.54) is 18.0 Å². The summed E-state index contributed by atoms with van der Waals surface area (Å²) in [5.74, 6) is -2.75. The topological polar surface area (TPSA) is 167 Å². The molecule has 2 aliphatic carbocycles. The van der Waals surface area contributed by atoms with Gasteiger partial charge in [0.1, 0.15) is 35.5 Å². The molecule has 4 atom stereocenters. The third kappa shape index (κ3) is 7.34. The van der Waals surface area contributed by atoms with Gasteiger partial charge in [-0.2, -0.15) is 0 Å². The molecule has 224 valence electrons. The molecule has 1 unspecified atom stereocenters. The molecule has 1 aromatic heterocycles. The van der Waals surface area contributed by atoms with Crippen molar-refractivity contribution in [3.05, 3.63) is 24.5 Å². The summed E-state index contributed by atoms with van der Waals surface area (Å²) in [7, 11) is 0. The normalized spacial score (nSPS) is 23.3. The van der Waals surface area contributed by atoms with E-state index < -0.39 is 53.5 Å². The van der Waals surface area contributed by atoms with Crippen LogP contribution in [0.1, 0.15) is 72.1 Å². The molecule has 0 radical (unpaired) electrons. The largest absolute Gasteiger partial charge is 0.487 e. The Morgan fingerprint density at radius 2 is 1.80 bits per heavy atom. The molecule has 0 aromatic carbocycles. The molecule has 4 N–H and O–H groups in total. The van der Waals surface area contributed by atoms with E-state index >= 15 is 0 Å². The Morgan fingerprint density at radius 3 is 2.37 bits per heavy atom. The highest BCUT2D eigenvalue weighted by Crippen LogP contribution is 2.36. The number of ether oxygens (including phenoxy) is 1. The SMILES string of the molecule is CC(=O)N[C@H](C(=O)N[C@H](C(=O)N1C[C@H](Oc2cccnc2)CC1C(=O)NC1(C(=O)O)CC1)C(C)C)C1CCCCC1. The van der Waals surface area contributed by atoms with Crippen molar-refractivity contribution in [2.45, 2.75) is 102 Å². The summed E-state index contributed by atoms with van der Waals surface area (Å²) >= 11 is 0. The Morgan fingerprint density at radius 1 is 1.10 bits per heavy atom. The number of carbonyl (C=O) groups excluding carboxylic acids is 4. The van der Waals surface area contributed by atoms with Crippen molar-refractivity contribution >= 4 is 29.6 Å². The number of hydrogen-bond donors (Lipinski definition) is 4. The molecule has 2 heterocycles. The summed E-state index contributed by atoms with van der Waals surface area (Å²) in [5.41, 5.74) is -1.31. The van der Waals surface area contributed by atoms with Crippen molar-refractivity contribution in [3.63, 3.8) is 0 Å². The van der Waals surface area contributed by atoms with Gasteiger partial charge in [0.2, 0.25) is 23.6 Å². The van der Waals surface area contributed by atoms with Crippen LogP contribution in [0.25, 0.3) is 0 Å². The van der Waals surface area contributed by atoms with E-state index in [2.05, 4.69) is 20.9 Å². The van der Waals surface area contributed by atoms with Gasteiger partial charge in [-0.25, -0.2) is 4.79 Å². The fourth-order valence-electron chi connectivity index (χ4n) is 5.84. The molecule has 1 aromatic rings. The minimum atomic E-state index is -1.31. The zero-order chi connectivity index (χ0) is 29.7. The second kappa shape index (κ2) is 12.9. The van der Waals surface area contributed by atoms with Crippen molar-refractivity contribution in [1.82, 2.24) is 25.8 Å². The first-order valence-corrected chi connectivity index (χ1v) is 14.5. The van der Waals surface area contributed by atoms with Gasteiger partial charge in [0.25, 0.3) is 0 Å². The molecular formula is C29H41N5O7. The number of hydrogen-bond acceptors (Lipinski definition) is 7. The minimum Gasteiger partial charge on any atom is -0.487 e. The number of aliphatic carboxylic acids is 1. The highest BCUT2D eigenvalue weighted by atomic mass is 16.5. The number of nitrogens with zero attached hydrogens (tertiary/aromatic N) is 2. The maximum absolute atomic E-state index is 14.0. The minimum absolute atomic E-state index is 0.0242. The number of carbonyl (C=O) groups is 5. The molecule has 4 rings (SSSR count). The van der Waals surface area contributed by atoms with Crippen molar-refractivity contribution in [1.29, 1.82) is 0 Å². The van der Waals surface area contributed by atoms with Gasteiger partial charge >= 0.3 is 5.97 Å². The summed E-state index contributed by atoms with van der Waals surface area (Å²) in [5, 5.41) is 17.9. The number of nitrogens with one attached hydrogen (secondary N) is 3. The number of likely N-dealkylation sites (tertiary alicyclic amines) is 1. The van der Waals surface area contributed by atoms with Crippen molar-refractivity contribution < 1.29 is 33.8 Å². The van der Waals surface area contributed by atoms with Crippen LogP contribution in [0.4, 0.5) is 0 Å². The molecule has 0 spiro atoms. The predicted octanol–water partition coefficient (Wildman–Crippen LogP) is 1.39. The van der Waals surface area contributed by atoms with E-state index in [0.29, 0.717) is 18.6 Å². The summed E-state index contributed by atoms with van der Waals surface area (Å²) in [6.45, 7) is 5.04. The Hall–Kier alpha value is -3.70. The first kappa shape index (κ1) is 30.3. The molecule has 1 saturated heterocycles. The molecule has 1 aliphatic heterocycles. The number of amides is 4. The number of rotatable bonds is 11. The average Bonchev–Trinajstić information content (AvgIpc) is 3.61. The van der Waals surface area contributed by atoms with E-state index in [1.807, 2.05) is 0 Å². The van der Waals surface area contributed by atoms with E-state index in [0.717, 1.165) is 32.1 Å². The zero-order valence-corrected chi connectivity index (χ0v) is 23.9. The van der Waals surface area contributed by atoms with E-state index in [-0.39, 0.29) is 30.7 Å². The summed E-state index contributed by atoms with van der Waals surface area (Å²) < 4.78 is 6.02. The van der Waals surface area contributed by atoms with Gasteiger partial charge in [0.15, 0.2) is 0 Å². The molecule has 4 amide bonds. The Bertz CT molecular complexity index is 1130. The van der Waals surface area contributed by atoms with Crippen LogP contribution in [-0.4, -0.2) is 80.9 Å². The van der Waals surface area contributed by atoms with Crippen LogP contribution < -0.4 is 20.7 Å². The lowest BCUT2D eigenvalue weighted by molar-refractivity contribution is -0.146. The monoisotopic (exact) mass is 571 g/mol. The van der Waals surface area contributed by atoms with Crippen LogP contribution in [0.3, 0.4) is 0 Å². The maximum atomic E-state index is 14.0. The van der Waals surface area contributed by atoms with Crippen molar-refractivity contribution in [2.75, 3.05) is 6.54 Å². The van der Waals surface area contributed by atoms with Crippen LogP contribution >= 0.6 is 0 Å². The number of pyridine rings is 1. The Kier molecular flexibility index (Phi) is 9.49. The fourth-order valence-corrected chi connectivity index (χ4v) is 5.84. The number of aromatic nitrogens is 1. The Balaban J connectivity index is 1.54. The van der Waals surface area contributed by atoms with Gasteiger partial charge in [-0.15, -0.1) is 0 Å². The van der Waals surface area contributed by atoms with Gasteiger partial charge in [0, 0.05) is 19.5 Å². The molecule has 0 bridgehead atoms. The highest BCUT2D eigenvalue weighted by molar-refractivity contribution is 5.96. The van der Waals surface area contributed by atoms with Crippen LogP contribution in [0.5, 0.6) is 5.75 Å². The van der Waals surface area contributed by atoms with E-state index in [1.54, 1.807) is 32.2 Å². The predicted molar refractivity (Wildman–Crippen MR) is 147 cm³/mol. The van der Waals surface area contributed by atoms with Crippen LogP contribution in [0.15, 0.2) is 24.5 Å². The van der Waals surface area contributed by atoms with Gasteiger partial charge in [0.05, 0.1) is 12.7 Å². The molecule has 3 fully saturated rings. The maximum Gasteiger partial charge on any atom is 0.329 e. The molecule has 2 saturated carbocycles. The van der Waals surface area contributed by atoms with Crippen LogP contribution in [-0.2, 0) is 24.0 Å². The number of carboxylic acid groups (broad SMARTS) is 1. The van der Waals surface area contributed by atoms with E-state index in [4.69, 9.17) is 4.74 Å².